The Bertz CT molecular complexity index is 293. The van der Waals surface area contributed by atoms with Gasteiger partial charge in [0.15, 0.2) is 0 Å². The normalized spacial score (nSPS) is 10.8. The van der Waals surface area contributed by atoms with Gasteiger partial charge in [-0.1, -0.05) is 37.3 Å². The molecule has 0 radical (unpaired) electrons. The van der Waals surface area contributed by atoms with Crippen LogP contribution in [0.15, 0.2) is 11.6 Å². The molecule has 0 aliphatic rings. The van der Waals surface area contributed by atoms with E-state index in [2.05, 4.69) is 19.9 Å². The largest absolute Gasteiger partial charge is 1.00 e. The monoisotopic (exact) mass is 270 g/mol. The average molecular weight is 270 g/mol. The Morgan fingerprint density at radius 2 is 1.47 bits per heavy atom. The third-order valence-electron chi connectivity index (χ3n) is 2.40. The smallest absolute Gasteiger partial charge is 0.748 e. The topological polar surface area (TPSA) is 57.2 Å². The second-order valence-corrected chi connectivity index (χ2v) is 5.98. The summed E-state index contributed by atoms with van der Waals surface area (Å²) in [6.45, 7) is 4.20. The quantitative estimate of drug-likeness (QED) is 0.261. The van der Waals surface area contributed by atoms with E-state index >= 15 is 0 Å². The second-order valence-electron chi connectivity index (χ2n) is 4.45. The van der Waals surface area contributed by atoms with Gasteiger partial charge >= 0.3 is 29.6 Å². The maximum atomic E-state index is 10.3. The molecule has 0 fully saturated rings. The van der Waals surface area contributed by atoms with Crippen LogP contribution in [0.3, 0.4) is 0 Å². The van der Waals surface area contributed by atoms with Crippen molar-refractivity contribution in [2.24, 2.45) is 0 Å². The SMILES string of the molecule is CC(C)=CCCCCCCCCS(=O)(=O)[O-].[Na+]. The van der Waals surface area contributed by atoms with E-state index in [1.807, 2.05) is 0 Å². The van der Waals surface area contributed by atoms with Gasteiger partial charge in [-0.2, -0.15) is 0 Å². The van der Waals surface area contributed by atoms with Crippen LogP contribution in [0.1, 0.15) is 58.8 Å². The zero-order chi connectivity index (χ0) is 12.4. The Kier molecular flexibility index (Phi) is 13.8. The fourth-order valence-electron chi connectivity index (χ4n) is 1.52. The van der Waals surface area contributed by atoms with Crippen LogP contribution < -0.4 is 29.6 Å². The summed E-state index contributed by atoms with van der Waals surface area (Å²) in [4.78, 5) is 0. The molecule has 0 saturated carbocycles. The summed E-state index contributed by atoms with van der Waals surface area (Å²) in [5, 5.41) is 0. The molecule has 0 aliphatic heterocycles. The molecule has 0 saturated heterocycles. The molecular formula is C12H23NaO3S. The minimum absolute atomic E-state index is 0. The summed E-state index contributed by atoms with van der Waals surface area (Å²) in [6, 6.07) is 0. The molecule has 0 spiro atoms. The summed E-state index contributed by atoms with van der Waals surface area (Å²) in [6.07, 6.45) is 9.30. The fraction of sp³-hybridized carbons (Fsp3) is 0.833. The molecule has 3 nitrogen and oxygen atoms in total. The number of rotatable bonds is 9. The van der Waals surface area contributed by atoms with Crippen LogP contribution in [-0.2, 0) is 10.1 Å². The van der Waals surface area contributed by atoms with Crippen molar-refractivity contribution >= 4 is 10.1 Å². The van der Waals surface area contributed by atoms with Gasteiger partial charge in [0.25, 0.3) is 0 Å². The van der Waals surface area contributed by atoms with Crippen LogP contribution in [0, 0.1) is 0 Å². The van der Waals surface area contributed by atoms with Crippen molar-refractivity contribution in [3.63, 3.8) is 0 Å². The van der Waals surface area contributed by atoms with Gasteiger partial charge < -0.3 is 4.55 Å². The maximum Gasteiger partial charge on any atom is 1.00 e. The molecule has 0 unspecified atom stereocenters. The predicted molar refractivity (Wildman–Crippen MR) is 66.3 cm³/mol. The number of hydrogen-bond donors (Lipinski definition) is 0. The van der Waals surface area contributed by atoms with Crippen molar-refractivity contribution in [3.05, 3.63) is 11.6 Å². The number of allylic oxidation sites excluding steroid dienone is 2. The molecule has 0 amide bonds. The summed E-state index contributed by atoms with van der Waals surface area (Å²) < 4.78 is 30.9. The Labute approximate surface area is 128 Å². The van der Waals surface area contributed by atoms with Gasteiger partial charge in [0.2, 0.25) is 0 Å². The molecule has 0 aliphatic carbocycles. The third kappa shape index (κ3) is 19.2. The predicted octanol–water partition coefficient (Wildman–Crippen LogP) is 0.233. The van der Waals surface area contributed by atoms with Crippen LogP contribution in [0.2, 0.25) is 0 Å². The molecule has 0 rings (SSSR count). The average Bonchev–Trinajstić information content (AvgIpc) is 2.13. The van der Waals surface area contributed by atoms with Gasteiger partial charge in [0, 0.05) is 5.75 Å². The van der Waals surface area contributed by atoms with Crippen LogP contribution in [0.25, 0.3) is 0 Å². The minimum atomic E-state index is -3.99. The Morgan fingerprint density at radius 3 is 1.94 bits per heavy atom. The van der Waals surface area contributed by atoms with Crippen LogP contribution >= 0.6 is 0 Å². The zero-order valence-electron chi connectivity index (χ0n) is 11.4. The second kappa shape index (κ2) is 11.7. The van der Waals surface area contributed by atoms with Crippen molar-refractivity contribution in [3.8, 4) is 0 Å². The molecule has 17 heavy (non-hydrogen) atoms. The first-order chi connectivity index (χ1) is 7.42. The van der Waals surface area contributed by atoms with Crippen molar-refractivity contribution in [1.29, 1.82) is 0 Å². The Hall–Kier alpha value is 0.650. The summed E-state index contributed by atoms with van der Waals surface area (Å²) in [5.41, 5.74) is 1.36. The molecule has 0 atom stereocenters. The maximum absolute atomic E-state index is 10.3. The molecule has 96 valence electrons. The number of hydrogen-bond acceptors (Lipinski definition) is 3. The minimum Gasteiger partial charge on any atom is -0.748 e. The first kappa shape index (κ1) is 20.0. The van der Waals surface area contributed by atoms with Crippen LogP contribution in [0.4, 0.5) is 0 Å². The van der Waals surface area contributed by atoms with E-state index in [4.69, 9.17) is 0 Å². The van der Waals surface area contributed by atoms with E-state index in [0.717, 1.165) is 25.7 Å². The van der Waals surface area contributed by atoms with E-state index in [0.29, 0.717) is 6.42 Å². The summed E-state index contributed by atoms with van der Waals surface area (Å²) in [7, 11) is -3.99. The van der Waals surface area contributed by atoms with Gasteiger partial charge in [0.1, 0.15) is 0 Å². The van der Waals surface area contributed by atoms with Crippen molar-refractivity contribution in [2.45, 2.75) is 58.8 Å². The molecule has 0 heterocycles. The Morgan fingerprint density at radius 1 is 1.00 bits per heavy atom. The Balaban J connectivity index is 0. The van der Waals surface area contributed by atoms with Gasteiger partial charge in [-0.15, -0.1) is 0 Å². The molecule has 0 N–H and O–H groups in total. The van der Waals surface area contributed by atoms with Crippen molar-refractivity contribution in [2.75, 3.05) is 5.75 Å². The van der Waals surface area contributed by atoms with Crippen LogP contribution in [0.5, 0.6) is 0 Å². The molecular weight excluding hydrogens is 247 g/mol. The zero-order valence-corrected chi connectivity index (χ0v) is 14.2. The molecule has 0 aromatic carbocycles. The van der Waals surface area contributed by atoms with E-state index in [1.165, 1.54) is 18.4 Å². The van der Waals surface area contributed by atoms with Gasteiger partial charge in [-0.05, 0) is 33.1 Å². The molecule has 0 bridgehead atoms. The molecule has 5 heteroatoms. The first-order valence-electron chi connectivity index (χ1n) is 5.99. The molecule has 0 aromatic heterocycles. The van der Waals surface area contributed by atoms with E-state index in [-0.39, 0.29) is 35.3 Å². The van der Waals surface area contributed by atoms with Crippen molar-refractivity contribution in [1.82, 2.24) is 0 Å². The van der Waals surface area contributed by atoms with E-state index in [1.54, 1.807) is 0 Å². The van der Waals surface area contributed by atoms with Gasteiger partial charge in [0.05, 0.1) is 10.1 Å². The number of unbranched alkanes of at least 4 members (excludes halogenated alkanes) is 6. The standard InChI is InChI=1S/C12H24O3S.Na/c1-12(2)10-8-6-4-3-5-7-9-11-16(13,14)15;/h10H,3-9,11H2,1-2H3,(H,13,14,15);/q;+1/p-1. The molecule has 0 aromatic rings. The van der Waals surface area contributed by atoms with Crippen LogP contribution in [-0.4, -0.2) is 18.7 Å². The summed E-state index contributed by atoms with van der Waals surface area (Å²) in [5.74, 6) is -0.204. The van der Waals surface area contributed by atoms with E-state index in [9.17, 15) is 13.0 Å². The fourth-order valence-corrected chi connectivity index (χ4v) is 2.08. The summed E-state index contributed by atoms with van der Waals surface area (Å²) >= 11 is 0. The van der Waals surface area contributed by atoms with E-state index < -0.39 is 10.1 Å². The van der Waals surface area contributed by atoms with Crippen molar-refractivity contribution < 1.29 is 42.5 Å². The third-order valence-corrected chi connectivity index (χ3v) is 3.19. The first-order valence-corrected chi connectivity index (χ1v) is 7.56. The van der Waals surface area contributed by atoms with Gasteiger partial charge in [-0.25, -0.2) is 8.42 Å². The van der Waals surface area contributed by atoms with Gasteiger partial charge in [-0.3, -0.25) is 0 Å².